The van der Waals surface area contributed by atoms with Crippen LogP contribution < -0.4 is 5.32 Å². The molecule has 2 rings (SSSR count). The minimum atomic E-state index is 0.677. The van der Waals surface area contributed by atoms with E-state index in [2.05, 4.69) is 67.7 Å². The Labute approximate surface area is 152 Å². The average Bonchev–Trinajstić information content (AvgIpc) is 2.48. The number of hydrogen-bond acceptors (Lipinski definition) is 3. The first kappa shape index (κ1) is 17.0. The summed E-state index contributed by atoms with van der Waals surface area (Å²) in [5, 5.41) is 4.05. The van der Waals surface area contributed by atoms with Gasteiger partial charge in [-0.15, -0.1) is 0 Å². The van der Waals surface area contributed by atoms with E-state index in [9.17, 15) is 0 Å². The molecule has 1 N–H and O–H groups in total. The number of nitrogens with one attached hydrogen (secondary N) is 1. The molecule has 0 aliphatic rings. The molecular formula is C15H16BrClIN3. The summed E-state index contributed by atoms with van der Waals surface area (Å²) in [5.74, 6) is 1.59. The molecule has 21 heavy (non-hydrogen) atoms. The average molecular weight is 481 g/mol. The van der Waals surface area contributed by atoms with Gasteiger partial charge < -0.3 is 5.32 Å². The summed E-state index contributed by atoms with van der Waals surface area (Å²) < 4.78 is 2.03. The summed E-state index contributed by atoms with van der Waals surface area (Å²) in [6, 6.07) is 5.65. The molecule has 0 radical (unpaired) electrons. The van der Waals surface area contributed by atoms with Gasteiger partial charge in [0.1, 0.15) is 5.82 Å². The third-order valence-electron chi connectivity index (χ3n) is 2.97. The second-order valence-electron chi connectivity index (χ2n) is 4.56. The van der Waals surface area contributed by atoms with E-state index in [-0.39, 0.29) is 0 Å². The second-order valence-corrected chi connectivity index (χ2v) is 6.93. The molecule has 6 heteroatoms. The zero-order valence-corrected chi connectivity index (χ0v) is 16.4. The Morgan fingerprint density at radius 3 is 2.71 bits per heavy atom. The molecule has 0 atom stereocenters. The minimum Gasteiger partial charge on any atom is -0.369 e. The highest BCUT2D eigenvalue weighted by molar-refractivity contribution is 14.1. The maximum absolute atomic E-state index is 6.10. The number of nitrogens with zero attached hydrogens (tertiary/aromatic N) is 2. The zero-order valence-electron chi connectivity index (χ0n) is 11.9. The lowest BCUT2D eigenvalue weighted by Crippen LogP contribution is -2.09. The van der Waals surface area contributed by atoms with Crippen molar-refractivity contribution in [3.63, 3.8) is 0 Å². The predicted molar refractivity (Wildman–Crippen MR) is 101 cm³/mol. The third-order valence-corrected chi connectivity index (χ3v) is 5.03. The van der Waals surface area contributed by atoms with Gasteiger partial charge in [0.2, 0.25) is 0 Å². The van der Waals surface area contributed by atoms with Gasteiger partial charge in [-0.1, -0.05) is 41.4 Å². The van der Waals surface area contributed by atoms with Gasteiger partial charge >= 0.3 is 0 Å². The Bertz CT molecular complexity index is 649. The molecular weight excluding hydrogens is 464 g/mol. The topological polar surface area (TPSA) is 37.8 Å². The second kappa shape index (κ2) is 7.74. The van der Waals surface area contributed by atoms with Crippen molar-refractivity contribution < 1.29 is 0 Å². The fraction of sp³-hybridized carbons (Fsp3) is 0.333. The quantitative estimate of drug-likeness (QED) is 0.571. The molecule has 0 amide bonds. The van der Waals surface area contributed by atoms with Crippen LogP contribution in [-0.2, 0) is 6.42 Å². The summed E-state index contributed by atoms with van der Waals surface area (Å²) in [4.78, 5) is 9.36. The highest BCUT2D eigenvalue weighted by Gasteiger charge is 2.14. The van der Waals surface area contributed by atoms with E-state index >= 15 is 0 Å². The molecule has 0 aliphatic heterocycles. The number of aromatic nitrogens is 2. The lowest BCUT2D eigenvalue weighted by Gasteiger charge is -2.13. The first-order valence-electron chi connectivity index (χ1n) is 6.82. The van der Waals surface area contributed by atoms with Crippen LogP contribution in [-0.4, -0.2) is 16.5 Å². The Balaban J connectivity index is 2.55. The van der Waals surface area contributed by atoms with Gasteiger partial charge in [-0.2, -0.15) is 0 Å². The predicted octanol–water partition coefficient (Wildman–Crippen LogP) is 5.55. The van der Waals surface area contributed by atoms with Crippen LogP contribution in [0, 0.1) is 3.57 Å². The summed E-state index contributed by atoms with van der Waals surface area (Å²) in [5.41, 5.74) is 1.96. The summed E-state index contributed by atoms with van der Waals surface area (Å²) >= 11 is 12.0. The first-order chi connectivity index (χ1) is 10.1. The molecule has 0 fully saturated rings. The lowest BCUT2D eigenvalue weighted by molar-refractivity contribution is 0.943. The van der Waals surface area contributed by atoms with Crippen molar-refractivity contribution in [2.75, 3.05) is 11.9 Å². The highest BCUT2D eigenvalue weighted by atomic mass is 127. The number of halogens is 3. The SMILES string of the molecule is CCCNc1nc(-c2cc(Cl)ccc2Br)nc(CC)c1I. The minimum absolute atomic E-state index is 0.677. The van der Waals surface area contributed by atoms with E-state index in [1.807, 2.05) is 18.2 Å². The molecule has 0 unspecified atom stereocenters. The van der Waals surface area contributed by atoms with Gasteiger partial charge in [0, 0.05) is 21.6 Å². The van der Waals surface area contributed by atoms with Crippen LogP contribution in [0.4, 0.5) is 5.82 Å². The van der Waals surface area contributed by atoms with Crippen molar-refractivity contribution in [2.45, 2.75) is 26.7 Å². The number of hydrogen-bond donors (Lipinski definition) is 1. The standard InChI is InChI=1S/C15H16BrClIN3/c1-3-7-19-15-13(18)12(4-2)20-14(21-15)10-8-9(17)5-6-11(10)16/h5-6,8H,3-4,7H2,1-2H3,(H,19,20,21). The van der Waals surface area contributed by atoms with Crippen molar-refractivity contribution in [3.8, 4) is 11.4 Å². The molecule has 112 valence electrons. The summed E-state index contributed by atoms with van der Waals surface area (Å²) in [7, 11) is 0. The van der Waals surface area contributed by atoms with E-state index in [1.165, 1.54) is 0 Å². The highest BCUT2D eigenvalue weighted by Crippen LogP contribution is 2.31. The number of benzene rings is 1. The Hall–Kier alpha value is -0.400. The zero-order chi connectivity index (χ0) is 15.4. The van der Waals surface area contributed by atoms with Gasteiger partial charge in [0.25, 0.3) is 0 Å². The lowest BCUT2D eigenvalue weighted by atomic mass is 10.2. The first-order valence-corrected chi connectivity index (χ1v) is 9.07. The number of anilines is 1. The van der Waals surface area contributed by atoms with E-state index < -0.39 is 0 Å². The van der Waals surface area contributed by atoms with Gasteiger partial charge in [-0.25, -0.2) is 9.97 Å². The van der Waals surface area contributed by atoms with Gasteiger partial charge in [0.15, 0.2) is 5.82 Å². The van der Waals surface area contributed by atoms with Crippen LogP contribution in [0.15, 0.2) is 22.7 Å². The fourth-order valence-corrected chi connectivity index (χ4v) is 3.29. The third kappa shape index (κ3) is 4.07. The van der Waals surface area contributed by atoms with Crippen molar-refractivity contribution in [3.05, 3.63) is 37.0 Å². The van der Waals surface area contributed by atoms with Crippen LogP contribution >= 0.6 is 50.1 Å². The molecule has 1 aromatic heterocycles. The van der Waals surface area contributed by atoms with Crippen molar-refractivity contribution in [1.82, 2.24) is 9.97 Å². The molecule has 2 aromatic rings. The van der Waals surface area contributed by atoms with E-state index in [0.29, 0.717) is 10.8 Å². The smallest absolute Gasteiger partial charge is 0.163 e. The molecule has 0 saturated heterocycles. The van der Waals surface area contributed by atoms with Gasteiger partial charge in [-0.3, -0.25) is 0 Å². The monoisotopic (exact) mass is 479 g/mol. The maximum atomic E-state index is 6.10. The maximum Gasteiger partial charge on any atom is 0.163 e. The number of aryl methyl sites for hydroxylation is 1. The molecule has 3 nitrogen and oxygen atoms in total. The summed E-state index contributed by atoms with van der Waals surface area (Å²) in [6.07, 6.45) is 1.92. The molecule has 1 heterocycles. The number of rotatable bonds is 5. The van der Waals surface area contributed by atoms with Crippen LogP contribution in [0.2, 0.25) is 5.02 Å². The van der Waals surface area contributed by atoms with Gasteiger partial charge in [0.05, 0.1) is 9.26 Å². The van der Waals surface area contributed by atoms with E-state index in [0.717, 1.165) is 44.5 Å². The van der Waals surface area contributed by atoms with Gasteiger partial charge in [-0.05, 0) is 53.6 Å². The fourth-order valence-electron chi connectivity index (χ4n) is 1.88. The molecule has 0 bridgehead atoms. The largest absolute Gasteiger partial charge is 0.369 e. The Kier molecular flexibility index (Phi) is 6.25. The van der Waals surface area contributed by atoms with Crippen LogP contribution in [0.5, 0.6) is 0 Å². The van der Waals surface area contributed by atoms with Crippen molar-refractivity contribution in [2.24, 2.45) is 0 Å². The molecule has 0 spiro atoms. The Morgan fingerprint density at radius 2 is 2.05 bits per heavy atom. The molecule has 1 aromatic carbocycles. The normalized spacial score (nSPS) is 10.7. The van der Waals surface area contributed by atoms with Crippen LogP contribution in [0.1, 0.15) is 26.0 Å². The van der Waals surface area contributed by atoms with Crippen molar-refractivity contribution >= 4 is 55.9 Å². The summed E-state index contributed by atoms with van der Waals surface area (Å²) in [6.45, 7) is 5.13. The van der Waals surface area contributed by atoms with E-state index in [4.69, 9.17) is 11.6 Å². The molecule has 0 saturated carbocycles. The van der Waals surface area contributed by atoms with Crippen molar-refractivity contribution in [1.29, 1.82) is 0 Å². The van der Waals surface area contributed by atoms with Crippen LogP contribution in [0.25, 0.3) is 11.4 Å². The van der Waals surface area contributed by atoms with E-state index in [1.54, 1.807) is 0 Å². The molecule has 0 aliphatic carbocycles. The van der Waals surface area contributed by atoms with Crippen LogP contribution in [0.3, 0.4) is 0 Å². The Morgan fingerprint density at radius 1 is 1.29 bits per heavy atom.